The van der Waals surface area contributed by atoms with E-state index < -0.39 is 0 Å². The Bertz CT molecular complexity index is 363. The summed E-state index contributed by atoms with van der Waals surface area (Å²) in [6.07, 6.45) is 6.12. The van der Waals surface area contributed by atoms with Gasteiger partial charge >= 0.3 is 0 Å². The number of hydrogen-bond acceptors (Lipinski definition) is 3. The van der Waals surface area contributed by atoms with Gasteiger partial charge in [0.1, 0.15) is 5.69 Å². The molecule has 0 saturated heterocycles. The van der Waals surface area contributed by atoms with Gasteiger partial charge in [0.15, 0.2) is 5.78 Å². The van der Waals surface area contributed by atoms with Gasteiger partial charge in [-0.3, -0.25) is 9.48 Å². The molecule has 0 aromatic carbocycles. The summed E-state index contributed by atoms with van der Waals surface area (Å²) in [6.45, 7) is 3.34. The number of Topliss-reactive ketones (excluding diaryl/α,β-unsaturated/α-hetero) is 1. The Labute approximate surface area is 107 Å². The fourth-order valence-electron chi connectivity index (χ4n) is 1.78. The number of aryl methyl sites for hydroxylation is 1. The van der Waals surface area contributed by atoms with Gasteiger partial charge in [0.05, 0.1) is 11.2 Å². The van der Waals surface area contributed by atoms with Crippen molar-refractivity contribution in [3.05, 3.63) is 16.9 Å². The molecule has 1 heterocycles. The minimum absolute atomic E-state index is 0.0853. The van der Waals surface area contributed by atoms with Gasteiger partial charge in [-0.15, -0.1) is 0 Å². The molecular formula is C12H20ClN3O. The summed E-state index contributed by atoms with van der Waals surface area (Å²) in [4.78, 5) is 12.0. The van der Waals surface area contributed by atoms with Crippen LogP contribution in [0.4, 0.5) is 0 Å². The van der Waals surface area contributed by atoms with Crippen molar-refractivity contribution in [2.45, 2.75) is 45.6 Å². The van der Waals surface area contributed by atoms with Gasteiger partial charge in [0, 0.05) is 13.0 Å². The second kappa shape index (κ2) is 7.45. The first-order valence-electron chi connectivity index (χ1n) is 6.15. The molecule has 0 fully saturated rings. The van der Waals surface area contributed by atoms with Gasteiger partial charge in [-0.25, -0.2) is 0 Å². The molecule has 0 radical (unpaired) electrons. The summed E-state index contributed by atoms with van der Waals surface area (Å²) >= 11 is 5.96. The van der Waals surface area contributed by atoms with E-state index >= 15 is 0 Å². The first-order valence-corrected chi connectivity index (χ1v) is 6.53. The molecule has 0 bridgehead atoms. The Morgan fingerprint density at radius 3 is 2.76 bits per heavy atom. The number of hydrogen-bond donors (Lipinski definition) is 1. The third kappa shape index (κ3) is 4.13. The van der Waals surface area contributed by atoms with E-state index in [0.29, 0.717) is 23.7 Å². The molecule has 0 unspecified atom stereocenters. The summed E-state index contributed by atoms with van der Waals surface area (Å²) in [6, 6.07) is 0. The molecule has 1 aromatic heterocycles. The summed E-state index contributed by atoms with van der Waals surface area (Å²) in [5.74, 6) is 0.0853. The van der Waals surface area contributed by atoms with E-state index in [-0.39, 0.29) is 5.78 Å². The van der Waals surface area contributed by atoms with Crippen LogP contribution in [0.15, 0.2) is 6.20 Å². The number of nitrogens with zero attached hydrogens (tertiary/aromatic N) is 2. The molecule has 96 valence electrons. The zero-order chi connectivity index (χ0) is 12.7. The van der Waals surface area contributed by atoms with Gasteiger partial charge in [0.25, 0.3) is 0 Å². The molecular weight excluding hydrogens is 238 g/mol. The largest absolute Gasteiger partial charge is 0.330 e. The SMILES string of the molecule is CCn1ncc(Cl)c1C(=O)CCCCCCN. The third-order valence-electron chi connectivity index (χ3n) is 2.72. The topological polar surface area (TPSA) is 60.9 Å². The smallest absolute Gasteiger partial charge is 0.182 e. The van der Waals surface area contributed by atoms with Crippen LogP contribution in [0.1, 0.15) is 49.5 Å². The summed E-state index contributed by atoms with van der Waals surface area (Å²) in [5.41, 5.74) is 5.96. The number of nitrogens with two attached hydrogens (primary N) is 1. The molecule has 0 aliphatic carbocycles. The van der Waals surface area contributed by atoms with Crippen LogP contribution in [-0.2, 0) is 6.54 Å². The normalized spacial score (nSPS) is 10.8. The molecule has 0 saturated carbocycles. The van der Waals surface area contributed by atoms with Crippen LogP contribution in [0.3, 0.4) is 0 Å². The monoisotopic (exact) mass is 257 g/mol. The maximum Gasteiger partial charge on any atom is 0.182 e. The van der Waals surface area contributed by atoms with Crippen molar-refractivity contribution in [3.63, 3.8) is 0 Å². The fourth-order valence-corrected chi connectivity index (χ4v) is 2.03. The lowest BCUT2D eigenvalue weighted by Crippen LogP contribution is -2.10. The van der Waals surface area contributed by atoms with Crippen molar-refractivity contribution in [1.82, 2.24) is 9.78 Å². The highest BCUT2D eigenvalue weighted by Crippen LogP contribution is 2.18. The van der Waals surface area contributed by atoms with Crippen molar-refractivity contribution in [2.24, 2.45) is 5.73 Å². The van der Waals surface area contributed by atoms with E-state index in [0.717, 1.165) is 32.2 Å². The van der Waals surface area contributed by atoms with E-state index in [1.165, 1.54) is 6.20 Å². The van der Waals surface area contributed by atoms with Crippen LogP contribution in [0.5, 0.6) is 0 Å². The summed E-state index contributed by atoms with van der Waals surface area (Å²) < 4.78 is 1.66. The molecule has 2 N–H and O–H groups in total. The van der Waals surface area contributed by atoms with E-state index in [1.54, 1.807) is 4.68 Å². The molecule has 0 atom stereocenters. The van der Waals surface area contributed by atoms with Crippen molar-refractivity contribution < 1.29 is 4.79 Å². The minimum atomic E-state index is 0.0853. The number of aromatic nitrogens is 2. The molecule has 0 aliphatic rings. The lowest BCUT2D eigenvalue weighted by molar-refractivity contribution is 0.0969. The first-order chi connectivity index (χ1) is 8.20. The van der Waals surface area contributed by atoms with E-state index in [4.69, 9.17) is 17.3 Å². The molecule has 1 rings (SSSR count). The quantitative estimate of drug-likeness (QED) is 0.575. The minimum Gasteiger partial charge on any atom is -0.330 e. The van der Waals surface area contributed by atoms with Crippen LogP contribution in [0.2, 0.25) is 5.02 Å². The lowest BCUT2D eigenvalue weighted by atomic mass is 10.1. The van der Waals surface area contributed by atoms with E-state index in [9.17, 15) is 4.79 Å². The van der Waals surface area contributed by atoms with Crippen LogP contribution in [0.25, 0.3) is 0 Å². The van der Waals surface area contributed by atoms with Crippen molar-refractivity contribution >= 4 is 17.4 Å². The number of unbranched alkanes of at least 4 members (excludes halogenated alkanes) is 3. The highest BCUT2D eigenvalue weighted by atomic mass is 35.5. The van der Waals surface area contributed by atoms with Crippen molar-refractivity contribution in [1.29, 1.82) is 0 Å². The summed E-state index contributed by atoms with van der Waals surface area (Å²) in [5, 5.41) is 4.52. The Balaban J connectivity index is 2.44. The number of carbonyl (C=O) groups excluding carboxylic acids is 1. The zero-order valence-electron chi connectivity index (χ0n) is 10.3. The van der Waals surface area contributed by atoms with Crippen LogP contribution >= 0.6 is 11.6 Å². The number of carbonyl (C=O) groups is 1. The molecule has 17 heavy (non-hydrogen) atoms. The fraction of sp³-hybridized carbons (Fsp3) is 0.667. The molecule has 5 heteroatoms. The Morgan fingerprint density at radius 1 is 1.41 bits per heavy atom. The zero-order valence-corrected chi connectivity index (χ0v) is 11.0. The predicted molar refractivity (Wildman–Crippen MR) is 69.4 cm³/mol. The summed E-state index contributed by atoms with van der Waals surface area (Å²) in [7, 11) is 0. The van der Waals surface area contributed by atoms with E-state index in [1.807, 2.05) is 6.92 Å². The van der Waals surface area contributed by atoms with Crippen LogP contribution in [-0.4, -0.2) is 22.1 Å². The molecule has 1 aromatic rings. The maximum atomic E-state index is 12.0. The van der Waals surface area contributed by atoms with Crippen LogP contribution in [0, 0.1) is 0 Å². The number of rotatable bonds is 8. The average Bonchev–Trinajstić information content (AvgIpc) is 2.70. The van der Waals surface area contributed by atoms with Gasteiger partial charge in [-0.2, -0.15) is 5.10 Å². The highest BCUT2D eigenvalue weighted by molar-refractivity contribution is 6.33. The van der Waals surface area contributed by atoms with E-state index in [2.05, 4.69) is 5.10 Å². The number of halogens is 1. The lowest BCUT2D eigenvalue weighted by Gasteiger charge is -2.04. The third-order valence-corrected chi connectivity index (χ3v) is 2.99. The molecule has 4 nitrogen and oxygen atoms in total. The van der Waals surface area contributed by atoms with Crippen LogP contribution < -0.4 is 5.73 Å². The van der Waals surface area contributed by atoms with Crippen molar-refractivity contribution in [2.75, 3.05) is 6.54 Å². The standard InChI is InChI=1S/C12H20ClN3O/c1-2-16-12(10(13)9-15-16)11(17)7-5-3-4-6-8-14/h9H,2-8,14H2,1H3. The highest BCUT2D eigenvalue weighted by Gasteiger charge is 2.15. The second-order valence-electron chi connectivity index (χ2n) is 4.03. The van der Waals surface area contributed by atoms with Gasteiger partial charge in [-0.05, 0) is 26.3 Å². The Morgan fingerprint density at radius 2 is 2.12 bits per heavy atom. The molecule has 0 amide bonds. The average molecular weight is 258 g/mol. The van der Waals surface area contributed by atoms with Gasteiger partial charge < -0.3 is 5.73 Å². The first kappa shape index (κ1) is 14.2. The Kier molecular flexibility index (Phi) is 6.22. The number of ketones is 1. The second-order valence-corrected chi connectivity index (χ2v) is 4.44. The Hall–Kier alpha value is -0.870. The van der Waals surface area contributed by atoms with Crippen molar-refractivity contribution in [3.8, 4) is 0 Å². The maximum absolute atomic E-state index is 12.0. The molecule has 0 spiro atoms. The molecule has 0 aliphatic heterocycles. The predicted octanol–water partition coefficient (Wildman–Crippen LogP) is 2.65. The van der Waals surface area contributed by atoms with Gasteiger partial charge in [0.2, 0.25) is 0 Å². The van der Waals surface area contributed by atoms with Gasteiger partial charge in [-0.1, -0.05) is 24.4 Å².